The molecule has 2 aromatic carbocycles. The van der Waals surface area contributed by atoms with Gasteiger partial charge in [0.25, 0.3) is 5.67 Å². The Balaban J connectivity index is 1.61. The summed E-state index contributed by atoms with van der Waals surface area (Å²) >= 11 is 0. The van der Waals surface area contributed by atoms with Gasteiger partial charge in [0.15, 0.2) is 11.9 Å². The van der Waals surface area contributed by atoms with Crippen LogP contribution in [0.1, 0.15) is 72.2 Å². The third kappa shape index (κ3) is 4.35. The predicted octanol–water partition coefficient (Wildman–Crippen LogP) is 7.04. The molecule has 0 amide bonds. The number of nitrogens with one attached hydrogen (secondary N) is 1. The highest BCUT2D eigenvalue weighted by molar-refractivity contribution is 5.61. The maximum absolute atomic E-state index is 15.5. The van der Waals surface area contributed by atoms with E-state index >= 15 is 4.39 Å². The number of hydrogen-bond acceptors (Lipinski definition) is 3. The molecule has 2 aromatic rings. The van der Waals surface area contributed by atoms with Crippen molar-refractivity contribution in [1.82, 2.24) is 0 Å². The van der Waals surface area contributed by atoms with Crippen molar-refractivity contribution in [3.05, 3.63) is 76.4 Å². The number of hydrogen-bond donors (Lipinski definition) is 2. The first kappa shape index (κ1) is 25.6. The molecule has 0 spiro atoms. The van der Waals surface area contributed by atoms with Crippen molar-refractivity contribution in [3.8, 4) is 0 Å². The number of ether oxygens (including phenoxy) is 1. The van der Waals surface area contributed by atoms with Crippen LogP contribution in [0.25, 0.3) is 0 Å². The fourth-order valence-corrected chi connectivity index (χ4v) is 5.07. The Hall–Kier alpha value is -2.45. The third-order valence-electron chi connectivity index (χ3n) is 7.28. The number of benzene rings is 2. The fraction of sp³-hybridized carbons (Fsp3) is 0.481. The van der Waals surface area contributed by atoms with Crippen LogP contribution in [0.4, 0.5) is 27.6 Å². The second kappa shape index (κ2) is 8.89. The summed E-state index contributed by atoms with van der Waals surface area (Å²) in [5, 5.41) is 3.25. The number of alkyl halides is 5. The number of nitrogens with two attached hydrogens (primary N) is 1. The molecule has 1 heterocycles. The highest BCUT2D eigenvalue weighted by Crippen LogP contribution is 2.53. The van der Waals surface area contributed by atoms with E-state index in [1.54, 1.807) is 13.8 Å². The zero-order chi connectivity index (χ0) is 25.8. The summed E-state index contributed by atoms with van der Waals surface area (Å²) < 4.78 is 77.7. The number of anilines is 1. The molecule has 1 fully saturated rings. The van der Waals surface area contributed by atoms with Crippen molar-refractivity contribution in [2.75, 3.05) is 5.32 Å². The summed E-state index contributed by atoms with van der Waals surface area (Å²) in [5.74, 6) is 0. The summed E-state index contributed by atoms with van der Waals surface area (Å²) in [6, 6.07) is 8.31. The van der Waals surface area contributed by atoms with Crippen LogP contribution in [-0.2, 0) is 23.2 Å². The molecule has 5 atom stereocenters. The molecule has 5 unspecified atom stereocenters. The van der Waals surface area contributed by atoms with Crippen LogP contribution < -0.4 is 11.1 Å². The lowest BCUT2D eigenvalue weighted by Gasteiger charge is -2.37. The molecule has 0 saturated carbocycles. The van der Waals surface area contributed by atoms with E-state index in [1.165, 1.54) is 5.56 Å². The molecule has 3 nitrogen and oxygen atoms in total. The summed E-state index contributed by atoms with van der Waals surface area (Å²) in [7, 11) is 0. The SMILES string of the molecule is C=CC(C)(F)C(F)(c1cc(C)c(NC2OC2c2ccc3c(c2)CCCC3N)c(CC)c1)C(F)(F)F. The van der Waals surface area contributed by atoms with E-state index in [1.807, 2.05) is 12.1 Å². The van der Waals surface area contributed by atoms with E-state index in [0.29, 0.717) is 36.2 Å². The number of aryl methyl sites for hydroxylation is 3. The average Bonchev–Trinajstić information content (AvgIpc) is 3.58. The van der Waals surface area contributed by atoms with Crippen LogP contribution >= 0.6 is 0 Å². The minimum Gasteiger partial charge on any atom is -0.357 e. The second-order valence-electron chi connectivity index (χ2n) is 9.70. The highest BCUT2D eigenvalue weighted by atomic mass is 19.4. The van der Waals surface area contributed by atoms with Crippen molar-refractivity contribution in [3.63, 3.8) is 0 Å². The normalized spacial score (nSPS) is 25.2. The Morgan fingerprint density at radius 2 is 1.89 bits per heavy atom. The molecule has 1 aliphatic heterocycles. The smallest absolute Gasteiger partial charge is 0.357 e. The first-order chi connectivity index (χ1) is 16.3. The number of rotatable bonds is 7. The van der Waals surface area contributed by atoms with Gasteiger partial charge in [-0.3, -0.25) is 0 Å². The van der Waals surface area contributed by atoms with Crippen molar-refractivity contribution in [2.45, 2.75) is 82.3 Å². The third-order valence-corrected chi connectivity index (χ3v) is 7.28. The van der Waals surface area contributed by atoms with Gasteiger partial charge < -0.3 is 15.8 Å². The Bertz CT molecular complexity index is 1130. The molecule has 4 rings (SSSR count). The predicted molar refractivity (Wildman–Crippen MR) is 127 cm³/mol. The quantitative estimate of drug-likeness (QED) is 0.247. The van der Waals surface area contributed by atoms with Gasteiger partial charge in [-0.25, -0.2) is 8.78 Å². The van der Waals surface area contributed by atoms with Gasteiger partial charge in [0, 0.05) is 17.3 Å². The van der Waals surface area contributed by atoms with Gasteiger partial charge in [-0.2, -0.15) is 13.2 Å². The van der Waals surface area contributed by atoms with Gasteiger partial charge in [-0.15, -0.1) is 0 Å². The summed E-state index contributed by atoms with van der Waals surface area (Å²) in [6.45, 7) is 6.95. The highest BCUT2D eigenvalue weighted by Gasteiger charge is 2.67. The minimum absolute atomic E-state index is 0.0432. The molecule has 1 saturated heterocycles. The number of allylic oxidation sites excluding steroid dienone is 1. The van der Waals surface area contributed by atoms with E-state index in [-0.39, 0.29) is 18.4 Å². The van der Waals surface area contributed by atoms with Crippen molar-refractivity contribution in [2.24, 2.45) is 5.73 Å². The molecule has 8 heteroatoms. The van der Waals surface area contributed by atoms with Crippen LogP contribution in [0.3, 0.4) is 0 Å². The van der Waals surface area contributed by atoms with Crippen LogP contribution in [0, 0.1) is 6.92 Å². The molecular formula is C27H31F5N2O. The molecule has 0 aromatic heterocycles. The lowest BCUT2D eigenvalue weighted by molar-refractivity contribution is -0.268. The molecule has 0 bridgehead atoms. The molecule has 190 valence electrons. The molecule has 2 aliphatic rings. The van der Waals surface area contributed by atoms with E-state index < -0.39 is 23.1 Å². The molecule has 35 heavy (non-hydrogen) atoms. The van der Waals surface area contributed by atoms with Gasteiger partial charge in [0.1, 0.15) is 6.10 Å². The summed E-state index contributed by atoms with van der Waals surface area (Å²) in [4.78, 5) is 0. The largest absolute Gasteiger partial charge is 0.430 e. The van der Waals surface area contributed by atoms with Crippen LogP contribution in [0.2, 0.25) is 0 Å². The summed E-state index contributed by atoms with van der Waals surface area (Å²) in [5.41, 5.74) is 2.58. The minimum atomic E-state index is -5.48. The lowest BCUT2D eigenvalue weighted by atomic mass is 9.79. The number of epoxide rings is 1. The molecular weight excluding hydrogens is 463 g/mol. The monoisotopic (exact) mass is 494 g/mol. The zero-order valence-corrected chi connectivity index (χ0v) is 20.1. The standard InChI is InChI=1S/C27H31F5N2O/c1-5-16-14-19(26(29,27(30,31)32)25(4,28)6-2)12-15(3)22(16)34-24-23(35-24)18-10-11-20-17(13-18)8-7-9-21(20)33/h6,10-14,21,23-24,34H,2,5,7-9,33H2,1,3-4H3. The van der Waals surface area contributed by atoms with Gasteiger partial charge >= 0.3 is 6.18 Å². The molecule has 0 radical (unpaired) electrons. The van der Waals surface area contributed by atoms with Crippen LogP contribution in [0.15, 0.2) is 43.0 Å². The maximum atomic E-state index is 15.5. The Labute approximate surface area is 202 Å². The lowest BCUT2D eigenvalue weighted by Crippen LogP contribution is -2.52. The first-order valence-electron chi connectivity index (χ1n) is 11.9. The van der Waals surface area contributed by atoms with E-state index in [2.05, 4.69) is 18.0 Å². The zero-order valence-electron chi connectivity index (χ0n) is 20.1. The molecule has 3 N–H and O–H groups in total. The number of halogens is 5. The van der Waals surface area contributed by atoms with Gasteiger partial charge in [-0.05, 0) is 67.3 Å². The van der Waals surface area contributed by atoms with Crippen molar-refractivity contribution in [1.29, 1.82) is 0 Å². The van der Waals surface area contributed by atoms with E-state index in [9.17, 15) is 17.6 Å². The van der Waals surface area contributed by atoms with Crippen molar-refractivity contribution >= 4 is 5.69 Å². The van der Waals surface area contributed by atoms with Crippen LogP contribution in [-0.4, -0.2) is 18.1 Å². The second-order valence-corrected chi connectivity index (χ2v) is 9.70. The fourth-order valence-electron chi connectivity index (χ4n) is 5.07. The Morgan fingerprint density at radius 1 is 1.17 bits per heavy atom. The van der Waals surface area contributed by atoms with E-state index in [4.69, 9.17) is 10.5 Å². The Morgan fingerprint density at radius 3 is 2.51 bits per heavy atom. The van der Waals surface area contributed by atoms with Gasteiger partial charge in [0.2, 0.25) is 0 Å². The first-order valence-corrected chi connectivity index (χ1v) is 11.9. The van der Waals surface area contributed by atoms with Crippen molar-refractivity contribution < 1.29 is 26.7 Å². The average molecular weight is 495 g/mol. The molecule has 1 aliphatic carbocycles. The van der Waals surface area contributed by atoms with Crippen LogP contribution in [0.5, 0.6) is 0 Å². The Kier molecular flexibility index (Phi) is 6.51. The number of fused-ring (bicyclic) bond motifs is 1. The van der Waals surface area contributed by atoms with E-state index in [0.717, 1.165) is 42.5 Å². The summed E-state index contributed by atoms with van der Waals surface area (Å²) in [6.07, 6.45) is -2.42. The van der Waals surface area contributed by atoms with Gasteiger partial charge in [0.05, 0.1) is 0 Å². The van der Waals surface area contributed by atoms with Gasteiger partial charge in [-0.1, -0.05) is 49.9 Å². The maximum Gasteiger partial charge on any atom is 0.430 e. The topological polar surface area (TPSA) is 50.6 Å².